The molecule has 134 valence electrons. The molecule has 0 bridgehead atoms. The Kier molecular flexibility index (Phi) is 5.36. The lowest BCUT2D eigenvalue weighted by Gasteiger charge is -2.11. The number of nitrogen functional groups attached to an aromatic ring is 1. The van der Waals surface area contributed by atoms with Gasteiger partial charge in [-0.05, 0) is 30.7 Å². The molecule has 1 aromatic heterocycles. The zero-order chi connectivity index (χ0) is 18.8. The summed E-state index contributed by atoms with van der Waals surface area (Å²) in [4.78, 5) is 10.5. The Morgan fingerprint density at radius 1 is 1.23 bits per heavy atom. The second-order valence-electron chi connectivity index (χ2n) is 5.41. The maximum absolute atomic E-state index is 10.9. The van der Waals surface area contributed by atoms with Crippen LogP contribution in [0.5, 0.6) is 0 Å². The van der Waals surface area contributed by atoms with Crippen LogP contribution in [0.1, 0.15) is 17.7 Å². The van der Waals surface area contributed by atoms with Crippen molar-refractivity contribution in [3.05, 3.63) is 68.2 Å². The Bertz CT molecular complexity index is 979. The van der Waals surface area contributed by atoms with Crippen molar-refractivity contribution in [2.24, 2.45) is 0 Å². The molecule has 3 aromatic rings. The van der Waals surface area contributed by atoms with E-state index < -0.39 is 4.92 Å². The van der Waals surface area contributed by atoms with Gasteiger partial charge in [-0.15, -0.1) is 10.2 Å². The van der Waals surface area contributed by atoms with Crippen molar-refractivity contribution >= 4 is 40.7 Å². The van der Waals surface area contributed by atoms with Crippen molar-refractivity contribution in [1.29, 1.82) is 0 Å². The van der Waals surface area contributed by atoms with Gasteiger partial charge < -0.3 is 5.84 Å². The van der Waals surface area contributed by atoms with Crippen LogP contribution in [-0.2, 0) is 0 Å². The average Bonchev–Trinajstić information content (AvgIpc) is 2.95. The number of nitro groups is 1. The third-order valence-corrected chi connectivity index (χ3v) is 5.33. The second-order valence-corrected chi connectivity index (χ2v) is 7.56. The van der Waals surface area contributed by atoms with Crippen molar-refractivity contribution in [1.82, 2.24) is 14.9 Å². The van der Waals surface area contributed by atoms with Gasteiger partial charge in [0.15, 0.2) is 5.82 Å². The fourth-order valence-corrected chi connectivity index (χ4v) is 3.71. The summed E-state index contributed by atoms with van der Waals surface area (Å²) in [6, 6.07) is 11.5. The first-order valence-electron chi connectivity index (χ1n) is 7.43. The molecule has 2 N–H and O–H groups in total. The Morgan fingerprint density at radius 2 is 2.00 bits per heavy atom. The highest BCUT2D eigenvalue weighted by molar-refractivity contribution is 7.99. The van der Waals surface area contributed by atoms with Crippen molar-refractivity contribution < 1.29 is 4.92 Å². The Labute approximate surface area is 163 Å². The molecule has 1 atom stereocenters. The normalized spacial score (nSPS) is 12.1. The van der Waals surface area contributed by atoms with Gasteiger partial charge in [0.05, 0.1) is 9.95 Å². The zero-order valence-electron chi connectivity index (χ0n) is 13.5. The fourth-order valence-electron chi connectivity index (χ4n) is 2.33. The van der Waals surface area contributed by atoms with Crippen LogP contribution in [-0.4, -0.2) is 19.8 Å². The number of hydrogen-bond acceptors (Lipinski definition) is 6. The summed E-state index contributed by atoms with van der Waals surface area (Å²) < 4.78 is 1.34. The van der Waals surface area contributed by atoms with E-state index in [1.54, 1.807) is 24.3 Å². The van der Waals surface area contributed by atoms with E-state index in [1.165, 1.54) is 28.6 Å². The third kappa shape index (κ3) is 3.77. The highest BCUT2D eigenvalue weighted by Gasteiger charge is 2.19. The number of hydrogen-bond donors (Lipinski definition) is 1. The summed E-state index contributed by atoms with van der Waals surface area (Å²) in [5.41, 5.74) is 1.44. The van der Waals surface area contributed by atoms with Crippen LogP contribution in [0.25, 0.3) is 11.4 Å². The lowest BCUT2D eigenvalue weighted by atomic mass is 10.1. The maximum atomic E-state index is 10.9. The number of rotatable bonds is 5. The van der Waals surface area contributed by atoms with Gasteiger partial charge in [0.1, 0.15) is 0 Å². The van der Waals surface area contributed by atoms with E-state index in [-0.39, 0.29) is 10.9 Å². The predicted molar refractivity (Wildman–Crippen MR) is 103 cm³/mol. The molecule has 0 saturated carbocycles. The first kappa shape index (κ1) is 18.5. The SMILES string of the molecule is CC(Sc1nnc(-c2ccc(Cl)cc2Cl)n1N)c1cccc([N+](=O)[O-])c1. The molecule has 0 spiro atoms. The molecular weight excluding hydrogens is 397 g/mol. The molecule has 7 nitrogen and oxygen atoms in total. The Morgan fingerprint density at radius 3 is 2.69 bits per heavy atom. The van der Waals surface area contributed by atoms with Crippen molar-refractivity contribution in [3.8, 4) is 11.4 Å². The van der Waals surface area contributed by atoms with Crippen LogP contribution in [0, 0.1) is 10.1 Å². The van der Waals surface area contributed by atoms with Crippen LogP contribution >= 0.6 is 35.0 Å². The number of nitrogens with two attached hydrogens (primary N) is 1. The molecule has 0 radical (unpaired) electrons. The fraction of sp³-hybridized carbons (Fsp3) is 0.125. The molecule has 0 aliphatic heterocycles. The van der Waals surface area contributed by atoms with E-state index in [0.717, 1.165) is 5.56 Å². The lowest BCUT2D eigenvalue weighted by Crippen LogP contribution is -2.12. The number of halogens is 2. The van der Waals surface area contributed by atoms with Gasteiger partial charge in [0.25, 0.3) is 5.69 Å². The highest BCUT2D eigenvalue weighted by Crippen LogP contribution is 2.36. The largest absolute Gasteiger partial charge is 0.335 e. The van der Waals surface area contributed by atoms with Gasteiger partial charge in [-0.1, -0.05) is 47.1 Å². The quantitative estimate of drug-likeness (QED) is 0.283. The first-order chi connectivity index (χ1) is 12.4. The number of nitrogens with zero attached hydrogens (tertiary/aromatic N) is 4. The van der Waals surface area contributed by atoms with Gasteiger partial charge >= 0.3 is 0 Å². The molecule has 3 rings (SSSR count). The molecule has 0 fully saturated rings. The highest BCUT2D eigenvalue weighted by atomic mass is 35.5. The molecule has 0 amide bonds. The Hall–Kier alpha value is -2.29. The minimum atomic E-state index is -0.424. The van der Waals surface area contributed by atoms with E-state index in [4.69, 9.17) is 29.0 Å². The molecule has 10 heteroatoms. The van der Waals surface area contributed by atoms with E-state index in [9.17, 15) is 10.1 Å². The minimum Gasteiger partial charge on any atom is -0.335 e. The van der Waals surface area contributed by atoms with Crippen molar-refractivity contribution in [2.75, 3.05) is 5.84 Å². The van der Waals surface area contributed by atoms with Crippen LogP contribution in [0.2, 0.25) is 10.0 Å². The first-order valence-corrected chi connectivity index (χ1v) is 9.07. The summed E-state index contributed by atoms with van der Waals surface area (Å²) in [7, 11) is 0. The number of aromatic nitrogens is 3. The molecule has 0 aliphatic rings. The van der Waals surface area contributed by atoms with Gasteiger partial charge in [0, 0.05) is 28.0 Å². The van der Waals surface area contributed by atoms with Crippen molar-refractivity contribution in [2.45, 2.75) is 17.3 Å². The molecule has 0 saturated heterocycles. The summed E-state index contributed by atoms with van der Waals surface area (Å²) in [6.45, 7) is 1.91. The number of nitro benzene ring substituents is 1. The molecule has 2 aromatic carbocycles. The van der Waals surface area contributed by atoms with E-state index in [2.05, 4.69) is 10.2 Å². The minimum absolute atomic E-state index is 0.0396. The standard InChI is InChI=1S/C16H13Cl2N5O2S/c1-9(10-3-2-4-12(7-10)23(24)25)26-16-21-20-15(22(16)19)13-6-5-11(17)8-14(13)18/h2-9H,19H2,1H3. The molecule has 0 aliphatic carbocycles. The Balaban J connectivity index is 1.86. The van der Waals surface area contributed by atoms with Crippen LogP contribution in [0.4, 0.5) is 5.69 Å². The van der Waals surface area contributed by atoms with Gasteiger partial charge in [-0.2, -0.15) is 0 Å². The maximum Gasteiger partial charge on any atom is 0.269 e. The number of benzene rings is 2. The van der Waals surface area contributed by atoms with Crippen LogP contribution in [0.15, 0.2) is 47.6 Å². The number of non-ortho nitro benzene ring substituents is 1. The molecule has 1 unspecified atom stereocenters. The van der Waals surface area contributed by atoms with E-state index in [1.807, 2.05) is 13.0 Å². The third-order valence-electron chi connectivity index (χ3n) is 3.67. The van der Waals surface area contributed by atoms with E-state index >= 15 is 0 Å². The summed E-state index contributed by atoms with van der Waals surface area (Å²) in [5, 5.41) is 20.4. The average molecular weight is 410 g/mol. The second kappa shape index (κ2) is 7.53. The summed E-state index contributed by atoms with van der Waals surface area (Å²) in [6.07, 6.45) is 0. The van der Waals surface area contributed by atoms with Crippen molar-refractivity contribution in [3.63, 3.8) is 0 Å². The smallest absolute Gasteiger partial charge is 0.269 e. The van der Waals surface area contributed by atoms with Crippen LogP contribution < -0.4 is 5.84 Å². The molecular formula is C16H13Cl2N5O2S. The van der Waals surface area contributed by atoms with Gasteiger partial charge in [-0.25, -0.2) is 4.68 Å². The van der Waals surface area contributed by atoms with Crippen LogP contribution in [0.3, 0.4) is 0 Å². The monoisotopic (exact) mass is 409 g/mol. The summed E-state index contributed by atoms with van der Waals surface area (Å²) >= 11 is 13.5. The van der Waals surface area contributed by atoms with E-state index in [0.29, 0.717) is 26.6 Å². The molecule has 1 heterocycles. The lowest BCUT2D eigenvalue weighted by molar-refractivity contribution is -0.384. The van der Waals surface area contributed by atoms with Gasteiger partial charge in [-0.3, -0.25) is 10.1 Å². The molecule has 26 heavy (non-hydrogen) atoms. The predicted octanol–water partition coefficient (Wildman–Crippen LogP) is 4.73. The van der Waals surface area contributed by atoms with Gasteiger partial charge in [0.2, 0.25) is 5.16 Å². The number of thioether (sulfide) groups is 1. The zero-order valence-corrected chi connectivity index (χ0v) is 15.8. The summed E-state index contributed by atoms with van der Waals surface area (Å²) in [5.74, 6) is 6.52. The topological polar surface area (TPSA) is 99.9 Å².